The van der Waals surface area contributed by atoms with Crippen LogP contribution in [0, 0.1) is 12.8 Å². The van der Waals surface area contributed by atoms with E-state index in [0.717, 1.165) is 43.5 Å². The van der Waals surface area contributed by atoms with Gasteiger partial charge >= 0.3 is 0 Å². The van der Waals surface area contributed by atoms with Gasteiger partial charge in [0.05, 0.1) is 12.0 Å². The summed E-state index contributed by atoms with van der Waals surface area (Å²) in [6.07, 6.45) is 7.82. The van der Waals surface area contributed by atoms with Crippen LogP contribution < -0.4 is 11.1 Å². The van der Waals surface area contributed by atoms with Gasteiger partial charge in [-0.2, -0.15) is 0 Å². The number of aromatic nitrogens is 2. The van der Waals surface area contributed by atoms with Gasteiger partial charge in [0.1, 0.15) is 0 Å². The van der Waals surface area contributed by atoms with Crippen LogP contribution in [0.1, 0.15) is 48.5 Å². The highest BCUT2D eigenvalue weighted by molar-refractivity contribution is 7.18. The van der Waals surface area contributed by atoms with Crippen molar-refractivity contribution in [1.29, 1.82) is 0 Å². The molecule has 30 heavy (non-hydrogen) atoms. The molecule has 8 heteroatoms. The molecular weight excluding hydrogens is 398 g/mol. The number of hydrogen-bond acceptors (Lipinski definition) is 7. The fraction of sp³-hybridized carbons (Fsp3) is 0.364. The first-order valence-corrected chi connectivity index (χ1v) is 11.0. The molecule has 3 rings (SSSR count). The molecule has 1 atom stereocenters. The molecule has 158 valence electrons. The third-order valence-corrected chi connectivity index (χ3v) is 5.68. The molecular formula is C22H27N5O2S. The molecule has 3 N–H and O–H groups in total. The predicted molar refractivity (Wildman–Crippen MR) is 122 cm³/mol. The van der Waals surface area contributed by atoms with E-state index in [9.17, 15) is 4.79 Å². The zero-order chi connectivity index (χ0) is 21.3. The molecule has 0 spiro atoms. The Bertz CT molecular complexity index is 981. The third kappa shape index (κ3) is 5.84. The minimum absolute atomic E-state index is 0.247. The Kier molecular flexibility index (Phi) is 7.87. The number of rotatable bonds is 10. The molecule has 2 heterocycles. The SMILES string of the molecule is CCC(C=Nc1cc(C(=O)Nc2nnc(-c3ccco3)s2)ccc1C)CCCCN. The van der Waals surface area contributed by atoms with Gasteiger partial charge in [0.25, 0.3) is 5.91 Å². The molecule has 0 fully saturated rings. The number of furan rings is 1. The number of carbonyl (C=O) groups is 1. The van der Waals surface area contributed by atoms with Gasteiger partial charge in [0, 0.05) is 11.8 Å². The van der Waals surface area contributed by atoms with Crippen molar-refractivity contribution in [2.75, 3.05) is 11.9 Å². The Balaban J connectivity index is 1.68. The first-order chi connectivity index (χ1) is 14.6. The van der Waals surface area contributed by atoms with E-state index in [1.54, 1.807) is 24.5 Å². The molecule has 0 saturated carbocycles. The maximum atomic E-state index is 12.7. The van der Waals surface area contributed by atoms with E-state index >= 15 is 0 Å². The summed E-state index contributed by atoms with van der Waals surface area (Å²) in [5.74, 6) is 0.787. The average Bonchev–Trinajstić information content (AvgIpc) is 3.43. The highest BCUT2D eigenvalue weighted by Crippen LogP contribution is 2.27. The van der Waals surface area contributed by atoms with E-state index in [1.165, 1.54) is 11.3 Å². The fourth-order valence-electron chi connectivity index (χ4n) is 2.95. The summed E-state index contributed by atoms with van der Waals surface area (Å²) in [6.45, 7) is 4.88. The van der Waals surface area contributed by atoms with Gasteiger partial charge in [0.15, 0.2) is 10.8 Å². The average molecular weight is 426 g/mol. The summed E-state index contributed by atoms with van der Waals surface area (Å²) in [4.78, 5) is 17.4. The quantitative estimate of drug-likeness (QED) is 0.342. The first kappa shape index (κ1) is 21.9. The Labute approximate surface area is 180 Å². The molecule has 1 unspecified atom stereocenters. The van der Waals surface area contributed by atoms with Gasteiger partial charge in [-0.3, -0.25) is 15.1 Å². The second kappa shape index (κ2) is 10.8. The lowest BCUT2D eigenvalue weighted by atomic mass is 10.0. The second-order valence-corrected chi connectivity index (χ2v) is 8.05. The van der Waals surface area contributed by atoms with Crippen molar-refractivity contribution in [3.63, 3.8) is 0 Å². The number of aliphatic imine (C=N–C) groups is 1. The minimum atomic E-state index is -0.247. The van der Waals surface area contributed by atoms with Crippen LogP contribution in [0.25, 0.3) is 10.8 Å². The van der Waals surface area contributed by atoms with E-state index in [4.69, 9.17) is 10.2 Å². The smallest absolute Gasteiger partial charge is 0.257 e. The van der Waals surface area contributed by atoms with Crippen molar-refractivity contribution in [2.24, 2.45) is 16.6 Å². The van der Waals surface area contributed by atoms with Crippen molar-refractivity contribution in [1.82, 2.24) is 10.2 Å². The Morgan fingerprint density at radius 1 is 1.33 bits per heavy atom. The summed E-state index contributed by atoms with van der Waals surface area (Å²) in [7, 11) is 0. The number of nitrogens with zero attached hydrogens (tertiary/aromatic N) is 3. The van der Waals surface area contributed by atoms with Crippen LogP contribution in [0.2, 0.25) is 0 Å². The molecule has 2 aromatic heterocycles. The summed E-state index contributed by atoms with van der Waals surface area (Å²) in [6, 6.07) is 9.09. The molecule has 3 aromatic rings. The van der Waals surface area contributed by atoms with Crippen LogP contribution in [0.3, 0.4) is 0 Å². The minimum Gasteiger partial charge on any atom is -0.462 e. The second-order valence-electron chi connectivity index (χ2n) is 7.08. The molecule has 1 aromatic carbocycles. The molecule has 0 saturated heterocycles. The van der Waals surface area contributed by atoms with E-state index in [2.05, 4.69) is 27.4 Å². The van der Waals surface area contributed by atoms with E-state index in [-0.39, 0.29) is 5.91 Å². The maximum Gasteiger partial charge on any atom is 0.257 e. The van der Waals surface area contributed by atoms with E-state index < -0.39 is 0 Å². The molecule has 7 nitrogen and oxygen atoms in total. The highest BCUT2D eigenvalue weighted by Gasteiger charge is 2.14. The lowest BCUT2D eigenvalue weighted by molar-refractivity contribution is 0.102. The summed E-state index contributed by atoms with van der Waals surface area (Å²) in [5, 5.41) is 11.9. The van der Waals surface area contributed by atoms with E-state index in [0.29, 0.717) is 27.4 Å². The van der Waals surface area contributed by atoms with Crippen molar-refractivity contribution in [3.8, 4) is 10.8 Å². The number of carbonyl (C=O) groups excluding carboxylic acids is 1. The summed E-state index contributed by atoms with van der Waals surface area (Å²) in [5.41, 5.74) is 7.93. The van der Waals surface area contributed by atoms with Crippen LogP contribution in [0.5, 0.6) is 0 Å². The largest absolute Gasteiger partial charge is 0.462 e. The zero-order valence-electron chi connectivity index (χ0n) is 17.3. The normalized spacial score (nSPS) is 12.4. The number of anilines is 1. The Morgan fingerprint density at radius 3 is 2.93 bits per heavy atom. The van der Waals surface area contributed by atoms with Crippen molar-refractivity contribution < 1.29 is 9.21 Å². The molecule has 0 bridgehead atoms. The van der Waals surface area contributed by atoms with Gasteiger partial charge < -0.3 is 10.2 Å². The van der Waals surface area contributed by atoms with Crippen LogP contribution in [0.4, 0.5) is 10.8 Å². The molecule has 0 aliphatic heterocycles. The van der Waals surface area contributed by atoms with Gasteiger partial charge in [-0.1, -0.05) is 30.7 Å². The predicted octanol–water partition coefficient (Wildman–Crippen LogP) is 5.22. The summed E-state index contributed by atoms with van der Waals surface area (Å²) >= 11 is 1.26. The fourth-order valence-corrected chi connectivity index (χ4v) is 3.66. The highest BCUT2D eigenvalue weighted by atomic mass is 32.1. The van der Waals surface area contributed by atoms with Gasteiger partial charge in [-0.05, 0) is 68.5 Å². The van der Waals surface area contributed by atoms with Crippen LogP contribution in [0.15, 0.2) is 46.0 Å². The van der Waals surface area contributed by atoms with Gasteiger partial charge in [0.2, 0.25) is 5.13 Å². The van der Waals surface area contributed by atoms with Crippen LogP contribution in [-0.2, 0) is 0 Å². The maximum absolute atomic E-state index is 12.7. The van der Waals surface area contributed by atoms with Crippen LogP contribution >= 0.6 is 11.3 Å². The standard InChI is InChI=1S/C22H27N5O2S/c1-3-16(7-4-5-11-23)14-24-18-13-17(10-9-15(18)2)20(28)25-22-27-26-21(30-22)19-8-6-12-29-19/h6,8-10,12-14,16H,3-5,7,11,23H2,1-2H3,(H,25,27,28). The number of unbranched alkanes of at least 4 members (excludes halogenated alkanes) is 1. The molecule has 0 radical (unpaired) electrons. The topological polar surface area (TPSA) is 106 Å². The van der Waals surface area contributed by atoms with Crippen molar-refractivity contribution in [3.05, 3.63) is 47.7 Å². The number of amides is 1. The lowest BCUT2D eigenvalue weighted by Crippen LogP contribution is -2.11. The molecule has 1 amide bonds. The Hall–Kier alpha value is -2.84. The van der Waals surface area contributed by atoms with E-state index in [1.807, 2.05) is 25.3 Å². The Morgan fingerprint density at radius 2 is 2.20 bits per heavy atom. The number of hydrogen-bond donors (Lipinski definition) is 2. The van der Waals surface area contributed by atoms with Gasteiger partial charge in [-0.15, -0.1) is 10.2 Å². The number of nitrogens with two attached hydrogens (primary N) is 1. The molecule has 0 aliphatic rings. The zero-order valence-corrected chi connectivity index (χ0v) is 18.1. The van der Waals surface area contributed by atoms with Crippen LogP contribution in [-0.4, -0.2) is 28.9 Å². The molecule has 0 aliphatic carbocycles. The van der Waals surface area contributed by atoms with Crippen molar-refractivity contribution >= 4 is 34.3 Å². The van der Waals surface area contributed by atoms with Gasteiger partial charge in [-0.25, -0.2) is 0 Å². The monoisotopic (exact) mass is 425 g/mol. The third-order valence-electron chi connectivity index (χ3n) is 4.83. The van der Waals surface area contributed by atoms with Crippen molar-refractivity contribution in [2.45, 2.75) is 39.5 Å². The number of benzene rings is 1. The first-order valence-electron chi connectivity index (χ1n) is 10.1. The summed E-state index contributed by atoms with van der Waals surface area (Å²) < 4.78 is 5.31. The number of aryl methyl sites for hydroxylation is 1. The lowest BCUT2D eigenvalue weighted by Gasteiger charge is -2.09. The number of nitrogens with one attached hydrogen (secondary N) is 1.